The van der Waals surface area contributed by atoms with Crippen LogP contribution in [0.15, 0.2) is 54.6 Å². The second-order valence-electron chi connectivity index (χ2n) is 10.2. The molecule has 0 saturated heterocycles. The fraction of sp³-hybridized carbons (Fsp3) is 0.394. The molecule has 0 unspecified atom stereocenters. The van der Waals surface area contributed by atoms with E-state index in [0.717, 1.165) is 65.7 Å². The molecule has 0 aromatic heterocycles. The Balaban J connectivity index is 1.25. The van der Waals surface area contributed by atoms with E-state index in [4.69, 9.17) is 24.1 Å². The highest BCUT2D eigenvalue weighted by Gasteiger charge is 2.15. The minimum Gasteiger partial charge on any atom is -0.494 e. The Hall–Kier alpha value is -4.24. The summed E-state index contributed by atoms with van der Waals surface area (Å²) >= 11 is 0. The standard InChI is InChI=1S/C33H38O9/c34-21-23-17-26(25-11-13-30-31(20-25)42-22-41-30)19-27(18-23)39-15-4-2-1-3-7-24-8-5-9-29(28(24)12-14-33(37)38)40-16-6-10-32(35)36/h5,8-9,11,13,17-20,34H,1-4,6-7,10,12,14-16,21-22H2,(H,35,36)(H,37,38). The Morgan fingerprint density at radius 2 is 1.52 bits per heavy atom. The van der Waals surface area contributed by atoms with Crippen LogP contribution < -0.4 is 18.9 Å². The van der Waals surface area contributed by atoms with Gasteiger partial charge in [-0.2, -0.15) is 0 Å². The number of aryl methyl sites for hydroxylation is 1. The van der Waals surface area contributed by atoms with Gasteiger partial charge >= 0.3 is 11.9 Å². The summed E-state index contributed by atoms with van der Waals surface area (Å²) in [6.07, 6.45) is 5.39. The number of fused-ring (bicyclic) bond motifs is 1. The third kappa shape index (κ3) is 9.14. The van der Waals surface area contributed by atoms with Gasteiger partial charge in [0.15, 0.2) is 11.5 Å². The fourth-order valence-corrected chi connectivity index (χ4v) is 4.94. The minimum absolute atomic E-state index is 0.00764. The molecule has 0 aliphatic carbocycles. The molecule has 9 heteroatoms. The van der Waals surface area contributed by atoms with Crippen LogP contribution in [0, 0.1) is 0 Å². The van der Waals surface area contributed by atoms with Gasteiger partial charge in [-0.05, 0) is 96.3 Å². The van der Waals surface area contributed by atoms with E-state index in [1.54, 1.807) is 0 Å². The maximum Gasteiger partial charge on any atom is 0.303 e. The molecule has 9 nitrogen and oxygen atoms in total. The number of aliphatic carboxylic acids is 2. The Labute approximate surface area is 245 Å². The summed E-state index contributed by atoms with van der Waals surface area (Å²) in [7, 11) is 0. The molecule has 1 aliphatic rings. The van der Waals surface area contributed by atoms with E-state index < -0.39 is 11.9 Å². The van der Waals surface area contributed by atoms with Crippen molar-refractivity contribution >= 4 is 11.9 Å². The van der Waals surface area contributed by atoms with Crippen molar-refractivity contribution < 1.29 is 43.9 Å². The number of aliphatic hydroxyl groups excluding tert-OH is 1. The Kier molecular flexibility index (Phi) is 11.5. The third-order valence-electron chi connectivity index (χ3n) is 7.08. The smallest absolute Gasteiger partial charge is 0.303 e. The summed E-state index contributed by atoms with van der Waals surface area (Å²) in [5.41, 5.74) is 4.62. The molecule has 0 atom stereocenters. The average molecular weight is 579 g/mol. The number of unbranched alkanes of at least 4 members (excludes halogenated alkanes) is 3. The first kappa shape index (κ1) is 30.7. The van der Waals surface area contributed by atoms with Gasteiger partial charge in [0.05, 0.1) is 19.8 Å². The zero-order valence-corrected chi connectivity index (χ0v) is 23.7. The van der Waals surface area contributed by atoms with Crippen LogP contribution in [-0.2, 0) is 29.0 Å². The number of carboxylic acid groups (broad SMARTS) is 2. The number of carbonyl (C=O) groups is 2. The van der Waals surface area contributed by atoms with Crippen molar-refractivity contribution in [2.75, 3.05) is 20.0 Å². The van der Waals surface area contributed by atoms with Gasteiger partial charge in [-0.25, -0.2) is 0 Å². The second-order valence-corrected chi connectivity index (χ2v) is 10.2. The van der Waals surface area contributed by atoms with Crippen LogP contribution in [0.3, 0.4) is 0 Å². The molecule has 42 heavy (non-hydrogen) atoms. The fourth-order valence-electron chi connectivity index (χ4n) is 4.94. The van der Waals surface area contributed by atoms with Gasteiger partial charge in [0.25, 0.3) is 0 Å². The lowest BCUT2D eigenvalue weighted by atomic mass is 9.97. The van der Waals surface area contributed by atoms with Gasteiger partial charge in [0.1, 0.15) is 11.5 Å². The first-order valence-electron chi connectivity index (χ1n) is 14.4. The lowest BCUT2D eigenvalue weighted by Gasteiger charge is -2.15. The van der Waals surface area contributed by atoms with Crippen LogP contribution in [0.5, 0.6) is 23.0 Å². The van der Waals surface area contributed by atoms with Crippen molar-refractivity contribution in [3.8, 4) is 34.1 Å². The minimum atomic E-state index is -0.867. The molecule has 0 amide bonds. The molecule has 1 aliphatic heterocycles. The lowest BCUT2D eigenvalue weighted by Crippen LogP contribution is -2.07. The Morgan fingerprint density at radius 1 is 0.738 bits per heavy atom. The molecule has 3 N–H and O–H groups in total. The molecule has 0 spiro atoms. The number of hydrogen-bond donors (Lipinski definition) is 3. The number of aliphatic hydroxyl groups is 1. The van der Waals surface area contributed by atoms with Crippen molar-refractivity contribution in [2.45, 2.75) is 64.4 Å². The maximum atomic E-state index is 11.2. The molecule has 4 rings (SSSR count). The third-order valence-corrected chi connectivity index (χ3v) is 7.08. The van der Waals surface area contributed by atoms with E-state index in [-0.39, 0.29) is 32.8 Å². The highest BCUT2D eigenvalue weighted by molar-refractivity contribution is 5.70. The molecule has 1 heterocycles. The molecule has 0 fully saturated rings. The quantitative estimate of drug-likeness (QED) is 0.155. The van der Waals surface area contributed by atoms with Crippen molar-refractivity contribution in [3.05, 3.63) is 71.3 Å². The number of ether oxygens (including phenoxy) is 4. The molecule has 224 valence electrons. The van der Waals surface area contributed by atoms with Gasteiger partial charge in [0.2, 0.25) is 6.79 Å². The number of benzene rings is 3. The summed E-state index contributed by atoms with van der Waals surface area (Å²) in [6, 6.07) is 17.3. The second kappa shape index (κ2) is 15.7. The Bertz CT molecular complexity index is 1350. The van der Waals surface area contributed by atoms with E-state index in [1.807, 2.05) is 54.6 Å². The van der Waals surface area contributed by atoms with E-state index in [2.05, 4.69) is 0 Å². The number of rotatable bonds is 18. The molecule has 0 saturated carbocycles. The average Bonchev–Trinajstić information content (AvgIpc) is 3.46. The van der Waals surface area contributed by atoms with E-state index in [1.165, 1.54) is 0 Å². The van der Waals surface area contributed by atoms with Crippen LogP contribution >= 0.6 is 0 Å². The van der Waals surface area contributed by atoms with Crippen molar-refractivity contribution in [3.63, 3.8) is 0 Å². The predicted octanol–water partition coefficient (Wildman–Crippen LogP) is 6.02. The number of carboxylic acids is 2. The highest BCUT2D eigenvalue weighted by Crippen LogP contribution is 2.37. The first-order chi connectivity index (χ1) is 20.4. The lowest BCUT2D eigenvalue weighted by molar-refractivity contribution is -0.138. The van der Waals surface area contributed by atoms with Crippen LogP contribution in [0.25, 0.3) is 11.1 Å². The molecule has 0 bridgehead atoms. The zero-order chi connectivity index (χ0) is 29.7. The van der Waals surface area contributed by atoms with Crippen molar-refractivity contribution in [1.29, 1.82) is 0 Å². The van der Waals surface area contributed by atoms with Crippen LogP contribution in [0.2, 0.25) is 0 Å². The summed E-state index contributed by atoms with van der Waals surface area (Å²) in [5.74, 6) is 1.03. The van der Waals surface area contributed by atoms with Crippen LogP contribution in [0.1, 0.15) is 61.6 Å². The molecule has 3 aromatic rings. The summed E-state index contributed by atoms with van der Waals surface area (Å²) in [6.45, 7) is 0.957. The molecule has 0 radical (unpaired) electrons. The highest BCUT2D eigenvalue weighted by atomic mass is 16.7. The molecule has 3 aromatic carbocycles. The van der Waals surface area contributed by atoms with Crippen molar-refractivity contribution in [1.82, 2.24) is 0 Å². The summed E-state index contributed by atoms with van der Waals surface area (Å²) in [4.78, 5) is 22.0. The van der Waals surface area contributed by atoms with E-state index in [9.17, 15) is 19.8 Å². The van der Waals surface area contributed by atoms with Gasteiger partial charge in [-0.15, -0.1) is 0 Å². The van der Waals surface area contributed by atoms with Crippen LogP contribution in [-0.4, -0.2) is 47.3 Å². The largest absolute Gasteiger partial charge is 0.494 e. The van der Waals surface area contributed by atoms with E-state index >= 15 is 0 Å². The van der Waals surface area contributed by atoms with Gasteiger partial charge < -0.3 is 34.3 Å². The Morgan fingerprint density at radius 3 is 2.33 bits per heavy atom. The molecular weight excluding hydrogens is 540 g/mol. The molecular formula is C33H38O9. The zero-order valence-electron chi connectivity index (χ0n) is 23.7. The van der Waals surface area contributed by atoms with Gasteiger partial charge in [-0.1, -0.05) is 31.0 Å². The van der Waals surface area contributed by atoms with E-state index in [0.29, 0.717) is 36.7 Å². The predicted molar refractivity (Wildman–Crippen MR) is 156 cm³/mol. The van der Waals surface area contributed by atoms with Crippen LogP contribution in [0.4, 0.5) is 0 Å². The SMILES string of the molecule is O=C(O)CCCOc1cccc(CCCCCCOc2cc(CO)cc(-c3ccc4c(c3)OCO4)c2)c1CCC(=O)O. The van der Waals surface area contributed by atoms with Crippen molar-refractivity contribution in [2.24, 2.45) is 0 Å². The van der Waals surface area contributed by atoms with Gasteiger partial charge in [0, 0.05) is 12.8 Å². The monoisotopic (exact) mass is 578 g/mol. The maximum absolute atomic E-state index is 11.2. The summed E-state index contributed by atoms with van der Waals surface area (Å²) in [5, 5.41) is 27.8. The topological polar surface area (TPSA) is 132 Å². The van der Waals surface area contributed by atoms with Gasteiger partial charge in [-0.3, -0.25) is 9.59 Å². The summed E-state index contributed by atoms with van der Waals surface area (Å²) < 4.78 is 22.8. The number of hydrogen-bond acceptors (Lipinski definition) is 7. The first-order valence-corrected chi connectivity index (χ1v) is 14.4. The normalized spacial score (nSPS) is 11.8.